The molecule has 1 heterocycles. The second-order valence-corrected chi connectivity index (χ2v) is 4.88. The third kappa shape index (κ3) is 3.92. The van der Waals surface area contributed by atoms with E-state index in [1.54, 1.807) is 19.2 Å². The van der Waals surface area contributed by atoms with Crippen LogP contribution in [-0.4, -0.2) is 17.9 Å². The first-order chi connectivity index (χ1) is 10.0. The zero-order valence-electron chi connectivity index (χ0n) is 11.7. The van der Waals surface area contributed by atoms with E-state index in [9.17, 15) is 9.18 Å². The number of nitrogens with one attached hydrogen (secondary N) is 2. The van der Waals surface area contributed by atoms with Gasteiger partial charge in [-0.15, -0.1) is 0 Å². The van der Waals surface area contributed by atoms with Crippen molar-refractivity contribution < 1.29 is 9.18 Å². The van der Waals surface area contributed by atoms with Gasteiger partial charge in [0.2, 0.25) is 0 Å². The lowest BCUT2D eigenvalue weighted by molar-refractivity contribution is 0.102. The molecule has 0 aliphatic carbocycles. The van der Waals surface area contributed by atoms with Crippen molar-refractivity contribution in [1.29, 1.82) is 0 Å². The van der Waals surface area contributed by atoms with Gasteiger partial charge in [0.1, 0.15) is 11.6 Å². The standard InChI is InChI=1S/C15H15ClFN3O/c1-3-12-4-9(5-14(18-2)19-12)15(21)20-13-7-10(16)6-11(17)8-13/h4-8H,3H2,1-2H3,(H,18,19)(H,20,21). The van der Waals surface area contributed by atoms with Crippen LogP contribution < -0.4 is 10.6 Å². The van der Waals surface area contributed by atoms with Crippen molar-refractivity contribution in [3.05, 3.63) is 52.4 Å². The number of halogens is 2. The summed E-state index contributed by atoms with van der Waals surface area (Å²) in [5, 5.41) is 5.76. The van der Waals surface area contributed by atoms with Crippen molar-refractivity contribution in [2.75, 3.05) is 17.7 Å². The highest BCUT2D eigenvalue weighted by Gasteiger charge is 2.10. The number of pyridine rings is 1. The Balaban J connectivity index is 2.27. The molecule has 1 aromatic carbocycles. The van der Waals surface area contributed by atoms with E-state index in [0.29, 0.717) is 23.5 Å². The summed E-state index contributed by atoms with van der Waals surface area (Å²) in [5.41, 5.74) is 1.56. The van der Waals surface area contributed by atoms with Crippen LogP contribution in [0, 0.1) is 5.82 Å². The quantitative estimate of drug-likeness (QED) is 0.905. The molecule has 0 aliphatic heterocycles. The molecule has 110 valence electrons. The smallest absolute Gasteiger partial charge is 0.255 e. The van der Waals surface area contributed by atoms with E-state index in [-0.39, 0.29) is 10.9 Å². The minimum absolute atomic E-state index is 0.227. The molecule has 2 aromatic rings. The van der Waals surface area contributed by atoms with E-state index in [4.69, 9.17) is 11.6 Å². The normalized spacial score (nSPS) is 10.3. The van der Waals surface area contributed by atoms with Gasteiger partial charge in [0.05, 0.1) is 0 Å². The molecular weight excluding hydrogens is 293 g/mol. The summed E-state index contributed by atoms with van der Waals surface area (Å²) in [6.07, 6.45) is 0.710. The summed E-state index contributed by atoms with van der Waals surface area (Å²) in [4.78, 5) is 16.6. The third-order valence-corrected chi connectivity index (χ3v) is 3.10. The second-order valence-electron chi connectivity index (χ2n) is 4.45. The Morgan fingerprint density at radius 2 is 2.05 bits per heavy atom. The molecule has 0 fully saturated rings. The second kappa shape index (κ2) is 6.54. The van der Waals surface area contributed by atoms with Gasteiger partial charge in [-0.3, -0.25) is 4.79 Å². The molecule has 0 atom stereocenters. The van der Waals surface area contributed by atoms with E-state index in [1.807, 2.05) is 6.92 Å². The molecule has 0 saturated heterocycles. The van der Waals surface area contributed by atoms with Crippen LogP contribution in [0.4, 0.5) is 15.9 Å². The van der Waals surface area contributed by atoms with Gasteiger partial charge in [0, 0.05) is 29.0 Å². The fraction of sp³-hybridized carbons (Fsp3) is 0.200. The van der Waals surface area contributed by atoms with Gasteiger partial charge in [0.25, 0.3) is 5.91 Å². The lowest BCUT2D eigenvalue weighted by Gasteiger charge is -2.09. The SMILES string of the molecule is CCc1cc(C(=O)Nc2cc(F)cc(Cl)c2)cc(NC)n1. The number of rotatable bonds is 4. The number of hydrogen-bond acceptors (Lipinski definition) is 3. The van der Waals surface area contributed by atoms with Gasteiger partial charge >= 0.3 is 0 Å². The van der Waals surface area contributed by atoms with E-state index in [1.165, 1.54) is 18.2 Å². The number of hydrogen-bond donors (Lipinski definition) is 2. The Kier molecular flexibility index (Phi) is 4.75. The molecule has 0 radical (unpaired) electrons. The average molecular weight is 308 g/mol. The van der Waals surface area contributed by atoms with Crippen molar-refractivity contribution in [3.8, 4) is 0 Å². The number of benzene rings is 1. The number of carbonyl (C=O) groups excluding carboxylic acids is 1. The average Bonchev–Trinajstić information content (AvgIpc) is 2.45. The highest BCUT2D eigenvalue weighted by molar-refractivity contribution is 6.31. The molecule has 2 N–H and O–H groups in total. The van der Waals surface area contributed by atoms with E-state index >= 15 is 0 Å². The van der Waals surface area contributed by atoms with E-state index in [0.717, 1.165) is 5.69 Å². The van der Waals surface area contributed by atoms with Crippen molar-refractivity contribution in [3.63, 3.8) is 0 Å². The number of amides is 1. The Morgan fingerprint density at radius 3 is 2.67 bits per heavy atom. The summed E-state index contributed by atoms with van der Waals surface area (Å²) in [5.74, 6) is -0.236. The molecule has 1 amide bonds. The first kappa shape index (κ1) is 15.3. The maximum Gasteiger partial charge on any atom is 0.255 e. The summed E-state index contributed by atoms with van der Waals surface area (Å²) in [7, 11) is 1.73. The fourth-order valence-electron chi connectivity index (χ4n) is 1.86. The molecule has 0 bridgehead atoms. The molecule has 21 heavy (non-hydrogen) atoms. The summed E-state index contributed by atoms with van der Waals surface area (Å²) in [6.45, 7) is 1.95. The first-order valence-electron chi connectivity index (χ1n) is 6.48. The number of aromatic nitrogens is 1. The van der Waals surface area contributed by atoms with Crippen molar-refractivity contribution in [2.24, 2.45) is 0 Å². The van der Waals surface area contributed by atoms with Gasteiger partial charge in [0.15, 0.2) is 0 Å². The minimum atomic E-state index is -0.502. The molecule has 4 nitrogen and oxygen atoms in total. The molecule has 2 rings (SSSR count). The Morgan fingerprint density at radius 1 is 1.29 bits per heavy atom. The van der Waals surface area contributed by atoms with Crippen LogP contribution in [0.15, 0.2) is 30.3 Å². The third-order valence-electron chi connectivity index (χ3n) is 2.88. The predicted octanol–water partition coefficient (Wildman–Crippen LogP) is 3.73. The van der Waals surface area contributed by atoms with Crippen LogP contribution in [0.3, 0.4) is 0 Å². The van der Waals surface area contributed by atoms with Crippen LogP contribution in [0.1, 0.15) is 23.0 Å². The van der Waals surface area contributed by atoms with Crippen LogP contribution in [0.5, 0.6) is 0 Å². The maximum atomic E-state index is 13.3. The highest BCUT2D eigenvalue weighted by atomic mass is 35.5. The van der Waals surface area contributed by atoms with Gasteiger partial charge in [-0.05, 0) is 36.8 Å². The molecule has 0 unspecified atom stereocenters. The zero-order valence-corrected chi connectivity index (χ0v) is 12.5. The van der Waals surface area contributed by atoms with E-state index < -0.39 is 5.82 Å². The van der Waals surface area contributed by atoms with Crippen LogP contribution in [0.25, 0.3) is 0 Å². The highest BCUT2D eigenvalue weighted by Crippen LogP contribution is 2.19. The monoisotopic (exact) mass is 307 g/mol. The van der Waals surface area contributed by atoms with Crippen LogP contribution >= 0.6 is 11.6 Å². The maximum absolute atomic E-state index is 13.3. The van der Waals surface area contributed by atoms with E-state index in [2.05, 4.69) is 15.6 Å². The van der Waals surface area contributed by atoms with Crippen molar-refractivity contribution in [1.82, 2.24) is 4.98 Å². The molecule has 6 heteroatoms. The Bertz CT molecular complexity index is 633. The number of carbonyl (C=O) groups is 1. The van der Waals surface area contributed by atoms with Crippen molar-refractivity contribution >= 4 is 29.0 Å². The number of anilines is 2. The Labute approximate surface area is 127 Å². The van der Waals surface area contributed by atoms with Crippen LogP contribution in [0.2, 0.25) is 5.02 Å². The molecule has 0 spiro atoms. The summed E-state index contributed by atoms with van der Waals surface area (Å²) >= 11 is 5.76. The van der Waals surface area contributed by atoms with Crippen LogP contribution in [-0.2, 0) is 6.42 Å². The van der Waals surface area contributed by atoms with Crippen molar-refractivity contribution in [2.45, 2.75) is 13.3 Å². The van der Waals surface area contributed by atoms with Gasteiger partial charge in [-0.1, -0.05) is 18.5 Å². The molecule has 0 aliphatic rings. The number of aryl methyl sites for hydroxylation is 1. The molecular formula is C15H15ClFN3O. The summed E-state index contributed by atoms with van der Waals surface area (Å²) < 4.78 is 13.3. The predicted molar refractivity (Wildman–Crippen MR) is 82.5 cm³/mol. The number of nitrogens with zero attached hydrogens (tertiary/aromatic N) is 1. The summed E-state index contributed by atoms with van der Waals surface area (Å²) in [6, 6.07) is 7.22. The van der Waals surface area contributed by atoms with Gasteiger partial charge in [-0.2, -0.15) is 0 Å². The fourth-order valence-corrected chi connectivity index (χ4v) is 2.08. The Hall–Kier alpha value is -2.14. The molecule has 0 saturated carbocycles. The molecule has 1 aromatic heterocycles. The van der Waals surface area contributed by atoms with Gasteiger partial charge in [-0.25, -0.2) is 9.37 Å². The largest absolute Gasteiger partial charge is 0.373 e. The lowest BCUT2D eigenvalue weighted by atomic mass is 10.1. The lowest BCUT2D eigenvalue weighted by Crippen LogP contribution is -2.13. The first-order valence-corrected chi connectivity index (χ1v) is 6.85. The zero-order chi connectivity index (χ0) is 15.4. The van der Waals surface area contributed by atoms with Gasteiger partial charge < -0.3 is 10.6 Å². The topological polar surface area (TPSA) is 54.0 Å². The minimum Gasteiger partial charge on any atom is -0.373 e.